The highest BCUT2D eigenvalue weighted by molar-refractivity contribution is 7.89. The van der Waals surface area contributed by atoms with Crippen molar-refractivity contribution in [2.75, 3.05) is 24.5 Å². The quantitative estimate of drug-likeness (QED) is 0.720. The molecular weight excluding hydrogens is 450 g/mol. The van der Waals surface area contributed by atoms with Gasteiger partial charge in [0.2, 0.25) is 21.8 Å². The summed E-state index contributed by atoms with van der Waals surface area (Å²) in [5.74, 6) is -0.545. The van der Waals surface area contributed by atoms with E-state index in [2.05, 4.69) is 4.72 Å². The van der Waals surface area contributed by atoms with Crippen LogP contribution in [0.3, 0.4) is 0 Å². The Balaban J connectivity index is 1.33. The topological polar surface area (TPSA) is 86.8 Å². The number of rotatable bonds is 5. The van der Waals surface area contributed by atoms with Crippen molar-refractivity contribution in [3.05, 3.63) is 59.1 Å². The maximum atomic E-state index is 13.0. The first-order chi connectivity index (χ1) is 15.2. The molecule has 9 heteroatoms. The predicted molar refractivity (Wildman–Crippen MR) is 123 cm³/mol. The molecule has 4 rings (SSSR count). The summed E-state index contributed by atoms with van der Waals surface area (Å²) in [6, 6.07) is 13.6. The van der Waals surface area contributed by atoms with Crippen molar-refractivity contribution in [1.82, 2.24) is 9.62 Å². The number of sulfonamides is 1. The molecule has 2 aromatic carbocycles. The lowest BCUT2D eigenvalue weighted by atomic mass is 10.0. The van der Waals surface area contributed by atoms with Gasteiger partial charge in [0.15, 0.2) is 0 Å². The Kier molecular flexibility index (Phi) is 6.55. The van der Waals surface area contributed by atoms with Crippen molar-refractivity contribution in [2.24, 2.45) is 5.92 Å². The first kappa shape index (κ1) is 22.8. The number of aryl methyl sites for hydroxylation is 1. The smallest absolute Gasteiger partial charge is 0.240 e. The molecule has 2 fully saturated rings. The average molecular weight is 476 g/mol. The van der Waals surface area contributed by atoms with Gasteiger partial charge in [0.1, 0.15) is 0 Å². The van der Waals surface area contributed by atoms with E-state index in [1.165, 1.54) is 0 Å². The summed E-state index contributed by atoms with van der Waals surface area (Å²) in [4.78, 5) is 29.1. The Morgan fingerprint density at radius 2 is 1.78 bits per heavy atom. The summed E-state index contributed by atoms with van der Waals surface area (Å²) in [6.07, 6.45) is 1.25. The Morgan fingerprint density at radius 3 is 2.44 bits per heavy atom. The van der Waals surface area contributed by atoms with Crippen LogP contribution in [0.15, 0.2) is 53.4 Å². The van der Waals surface area contributed by atoms with Crippen molar-refractivity contribution < 1.29 is 18.0 Å². The minimum absolute atomic E-state index is 0.0530. The van der Waals surface area contributed by atoms with Gasteiger partial charge in [-0.15, -0.1) is 0 Å². The molecule has 32 heavy (non-hydrogen) atoms. The second-order valence-electron chi connectivity index (χ2n) is 8.42. The number of carbonyl (C=O) groups is 2. The molecule has 0 aliphatic carbocycles. The SMILES string of the molecule is Cc1ccc(S(=O)(=O)NC2CCN(C(=O)[C@H]3CC(=O)N(c4cccc(Cl)c4)C3)CC2)cc1. The van der Waals surface area contributed by atoms with Crippen molar-refractivity contribution >= 4 is 39.1 Å². The van der Waals surface area contributed by atoms with E-state index in [4.69, 9.17) is 11.6 Å². The van der Waals surface area contributed by atoms with Gasteiger partial charge >= 0.3 is 0 Å². The molecule has 2 aromatic rings. The number of hydrogen-bond acceptors (Lipinski definition) is 4. The van der Waals surface area contributed by atoms with Gasteiger partial charge in [-0.05, 0) is 50.1 Å². The average Bonchev–Trinajstić information content (AvgIpc) is 3.15. The van der Waals surface area contributed by atoms with E-state index in [1.54, 1.807) is 52.3 Å². The minimum atomic E-state index is -3.59. The highest BCUT2D eigenvalue weighted by Gasteiger charge is 2.38. The van der Waals surface area contributed by atoms with Crippen LogP contribution in [0.4, 0.5) is 5.69 Å². The molecule has 1 atom stereocenters. The molecule has 0 radical (unpaired) electrons. The van der Waals surface area contributed by atoms with Crippen LogP contribution in [0.1, 0.15) is 24.8 Å². The van der Waals surface area contributed by atoms with Crippen LogP contribution >= 0.6 is 11.6 Å². The maximum absolute atomic E-state index is 13.0. The van der Waals surface area contributed by atoms with Crippen LogP contribution in [0.5, 0.6) is 0 Å². The van der Waals surface area contributed by atoms with Crippen LogP contribution in [-0.2, 0) is 19.6 Å². The van der Waals surface area contributed by atoms with E-state index in [0.717, 1.165) is 5.56 Å². The molecule has 0 unspecified atom stereocenters. The second-order valence-corrected chi connectivity index (χ2v) is 10.6. The maximum Gasteiger partial charge on any atom is 0.240 e. The van der Waals surface area contributed by atoms with Gasteiger partial charge in [0, 0.05) is 42.8 Å². The Labute approximate surface area is 193 Å². The molecule has 0 aromatic heterocycles. The summed E-state index contributed by atoms with van der Waals surface area (Å²) in [7, 11) is -3.59. The fraction of sp³-hybridized carbons (Fsp3) is 0.391. The fourth-order valence-corrected chi connectivity index (χ4v) is 5.74. The molecule has 0 bridgehead atoms. The van der Waals surface area contributed by atoms with Gasteiger partial charge < -0.3 is 9.80 Å². The highest BCUT2D eigenvalue weighted by Crippen LogP contribution is 2.29. The fourth-order valence-electron chi connectivity index (χ4n) is 4.25. The van der Waals surface area contributed by atoms with E-state index >= 15 is 0 Å². The number of amides is 2. The van der Waals surface area contributed by atoms with Crippen LogP contribution in [0.25, 0.3) is 0 Å². The summed E-state index contributed by atoms with van der Waals surface area (Å²) in [6.45, 7) is 3.16. The molecule has 1 N–H and O–H groups in total. The first-order valence-corrected chi connectivity index (χ1v) is 12.5. The molecule has 2 saturated heterocycles. The Hall–Kier alpha value is -2.42. The van der Waals surface area contributed by atoms with E-state index in [9.17, 15) is 18.0 Å². The van der Waals surface area contributed by atoms with Crippen LogP contribution in [0, 0.1) is 12.8 Å². The molecular formula is C23H26ClN3O4S. The van der Waals surface area contributed by atoms with Crippen LogP contribution in [0.2, 0.25) is 5.02 Å². The van der Waals surface area contributed by atoms with Gasteiger partial charge in [-0.25, -0.2) is 13.1 Å². The van der Waals surface area contributed by atoms with Gasteiger partial charge in [-0.2, -0.15) is 0 Å². The number of hydrogen-bond donors (Lipinski definition) is 1. The summed E-state index contributed by atoms with van der Waals surface area (Å²) in [5.41, 5.74) is 1.69. The zero-order valence-electron chi connectivity index (χ0n) is 17.8. The summed E-state index contributed by atoms with van der Waals surface area (Å²) < 4.78 is 28.0. The van der Waals surface area contributed by atoms with Crippen molar-refractivity contribution in [1.29, 1.82) is 0 Å². The third-order valence-corrected chi connectivity index (χ3v) is 7.83. The number of benzene rings is 2. The van der Waals surface area contributed by atoms with Crippen molar-refractivity contribution in [3.8, 4) is 0 Å². The molecule has 0 saturated carbocycles. The lowest BCUT2D eigenvalue weighted by Crippen LogP contribution is -2.48. The number of anilines is 1. The number of halogens is 1. The summed E-state index contributed by atoms with van der Waals surface area (Å²) in [5, 5.41) is 0.542. The number of nitrogens with one attached hydrogen (secondary N) is 1. The van der Waals surface area contributed by atoms with E-state index < -0.39 is 15.9 Å². The van der Waals surface area contributed by atoms with Gasteiger partial charge in [0.25, 0.3) is 0 Å². The van der Waals surface area contributed by atoms with E-state index in [-0.39, 0.29) is 29.2 Å². The second kappa shape index (κ2) is 9.21. The van der Waals surface area contributed by atoms with E-state index in [1.807, 2.05) is 13.0 Å². The molecule has 7 nitrogen and oxygen atoms in total. The molecule has 2 heterocycles. The number of nitrogens with zero attached hydrogens (tertiary/aromatic N) is 2. The highest BCUT2D eigenvalue weighted by atomic mass is 35.5. The standard InChI is InChI=1S/C23H26ClN3O4S/c1-16-5-7-21(8-6-16)32(30,31)25-19-9-11-26(12-10-19)23(29)17-13-22(28)27(15-17)20-4-2-3-18(24)14-20/h2-8,14,17,19,25H,9-13,15H2,1H3/t17-/m0/s1. The largest absolute Gasteiger partial charge is 0.342 e. The van der Waals surface area contributed by atoms with Gasteiger partial charge in [-0.3, -0.25) is 9.59 Å². The van der Waals surface area contributed by atoms with Crippen LogP contribution in [-0.4, -0.2) is 50.8 Å². The summed E-state index contributed by atoms with van der Waals surface area (Å²) >= 11 is 6.04. The normalized spacial score (nSPS) is 20.1. The zero-order valence-corrected chi connectivity index (χ0v) is 19.4. The predicted octanol–water partition coefficient (Wildman–Crippen LogP) is 2.97. The number of likely N-dealkylation sites (tertiary alicyclic amines) is 1. The van der Waals surface area contributed by atoms with Gasteiger partial charge in [-0.1, -0.05) is 35.4 Å². The van der Waals surface area contributed by atoms with Crippen LogP contribution < -0.4 is 9.62 Å². The minimum Gasteiger partial charge on any atom is -0.342 e. The third-order valence-electron chi connectivity index (χ3n) is 6.05. The first-order valence-electron chi connectivity index (χ1n) is 10.7. The number of carbonyl (C=O) groups excluding carboxylic acids is 2. The molecule has 0 spiro atoms. The van der Waals surface area contributed by atoms with E-state index in [0.29, 0.717) is 43.2 Å². The van der Waals surface area contributed by atoms with Crippen molar-refractivity contribution in [2.45, 2.75) is 37.1 Å². The molecule has 2 aliphatic rings. The van der Waals surface area contributed by atoms with Crippen molar-refractivity contribution in [3.63, 3.8) is 0 Å². The Bertz CT molecular complexity index is 1110. The molecule has 2 amide bonds. The zero-order chi connectivity index (χ0) is 22.9. The molecule has 170 valence electrons. The van der Waals surface area contributed by atoms with Gasteiger partial charge in [0.05, 0.1) is 10.8 Å². The number of piperidine rings is 1. The third kappa shape index (κ3) is 4.98. The Morgan fingerprint density at radius 1 is 1.09 bits per heavy atom. The lowest BCUT2D eigenvalue weighted by molar-refractivity contribution is -0.136. The monoisotopic (exact) mass is 475 g/mol. The lowest BCUT2D eigenvalue weighted by Gasteiger charge is -2.33. The molecule has 2 aliphatic heterocycles.